The number of likely N-dealkylation sites (tertiary alicyclic amines) is 1. The summed E-state index contributed by atoms with van der Waals surface area (Å²) in [5, 5.41) is 0. The van der Waals surface area contributed by atoms with Crippen molar-refractivity contribution < 1.29 is 0 Å². The maximum atomic E-state index is 2.48. The van der Waals surface area contributed by atoms with E-state index in [-0.39, 0.29) is 0 Å². The lowest BCUT2D eigenvalue weighted by atomic mass is 10.0. The molecule has 0 aromatic carbocycles. The Labute approximate surface area is 58.0 Å². The van der Waals surface area contributed by atoms with Crippen LogP contribution in [0.25, 0.3) is 0 Å². The first-order chi connectivity index (χ1) is 4.22. The first-order valence-corrected chi connectivity index (χ1v) is 3.92. The normalized spacial score (nSPS) is 30.0. The minimum Gasteiger partial charge on any atom is -0.303 e. The van der Waals surface area contributed by atoms with E-state index >= 15 is 0 Å². The van der Waals surface area contributed by atoms with E-state index in [9.17, 15) is 0 Å². The van der Waals surface area contributed by atoms with E-state index in [2.05, 4.69) is 25.8 Å². The van der Waals surface area contributed by atoms with Gasteiger partial charge in [0, 0.05) is 6.04 Å². The van der Waals surface area contributed by atoms with Crippen LogP contribution >= 0.6 is 0 Å². The quantitative estimate of drug-likeness (QED) is 0.518. The van der Waals surface area contributed by atoms with Crippen molar-refractivity contribution in [2.24, 2.45) is 5.92 Å². The van der Waals surface area contributed by atoms with Crippen LogP contribution in [0.15, 0.2) is 0 Å². The molecule has 54 valence electrons. The topological polar surface area (TPSA) is 3.24 Å². The first-order valence-electron chi connectivity index (χ1n) is 3.92. The van der Waals surface area contributed by atoms with E-state index in [0.29, 0.717) is 0 Å². The smallest absolute Gasteiger partial charge is 0.0116 e. The highest BCUT2D eigenvalue weighted by Gasteiger charge is 2.22. The Morgan fingerprint density at radius 2 is 2.11 bits per heavy atom. The highest BCUT2D eigenvalue weighted by Crippen LogP contribution is 2.20. The van der Waals surface area contributed by atoms with Gasteiger partial charge in [-0.15, -0.1) is 0 Å². The van der Waals surface area contributed by atoms with Crippen LogP contribution in [-0.2, 0) is 0 Å². The lowest BCUT2D eigenvalue weighted by Crippen LogP contribution is -2.29. The summed E-state index contributed by atoms with van der Waals surface area (Å²) in [4.78, 5) is 2.48. The highest BCUT2D eigenvalue weighted by atomic mass is 15.1. The highest BCUT2D eigenvalue weighted by molar-refractivity contribution is 4.78. The van der Waals surface area contributed by atoms with Gasteiger partial charge in [-0.1, -0.05) is 13.8 Å². The van der Waals surface area contributed by atoms with Gasteiger partial charge in [0.05, 0.1) is 0 Å². The van der Waals surface area contributed by atoms with Crippen LogP contribution in [-0.4, -0.2) is 24.5 Å². The van der Waals surface area contributed by atoms with E-state index in [1.807, 2.05) is 0 Å². The van der Waals surface area contributed by atoms with E-state index < -0.39 is 0 Å². The number of nitrogens with zero attached hydrogens (tertiary/aromatic N) is 1. The van der Waals surface area contributed by atoms with E-state index in [4.69, 9.17) is 0 Å². The van der Waals surface area contributed by atoms with Crippen LogP contribution in [0.4, 0.5) is 0 Å². The zero-order chi connectivity index (χ0) is 6.85. The molecule has 0 saturated carbocycles. The molecule has 1 rings (SSSR count). The molecule has 1 nitrogen and oxygen atoms in total. The fourth-order valence-corrected chi connectivity index (χ4v) is 1.78. The average molecular weight is 127 g/mol. The average Bonchev–Trinajstić information content (AvgIpc) is 2.13. The van der Waals surface area contributed by atoms with Crippen molar-refractivity contribution in [3.8, 4) is 0 Å². The lowest BCUT2D eigenvalue weighted by molar-refractivity contribution is 0.250. The van der Waals surface area contributed by atoms with Gasteiger partial charge in [0.2, 0.25) is 0 Å². The second-order valence-corrected chi connectivity index (χ2v) is 3.43. The van der Waals surface area contributed by atoms with Crippen molar-refractivity contribution in [1.82, 2.24) is 4.90 Å². The molecule has 0 unspecified atom stereocenters. The van der Waals surface area contributed by atoms with Gasteiger partial charge in [0.15, 0.2) is 0 Å². The van der Waals surface area contributed by atoms with Gasteiger partial charge < -0.3 is 4.90 Å². The Balaban J connectivity index is 2.40. The molecule has 1 aliphatic rings. The molecule has 0 bridgehead atoms. The minimum absolute atomic E-state index is 0.845. The summed E-state index contributed by atoms with van der Waals surface area (Å²) < 4.78 is 0. The second-order valence-electron chi connectivity index (χ2n) is 3.43. The second kappa shape index (κ2) is 2.70. The molecule has 0 aromatic rings. The van der Waals surface area contributed by atoms with Crippen LogP contribution in [0.3, 0.4) is 0 Å². The van der Waals surface area contributed by atoms with E-state index in [1.54, 1.807) is 0 Å². The molecule has 0 N–H and O–H groups in total. The monoisotopic (exact) mass is 127 g/mol. The van der Waals surface area contributed by atoms with Crippen molar-refractivity contribution in [3.05, 3.63) is 0 Å². The molecule has 0 radical (unpaired) electrons. The Morgan fingerprint density at radius 3 is 2.33 bits per heavy atom. The Kier molecular flexibility index (Phi) is 2.12. The van der Waals surface area contributed by atoms with Gasteiger partial charge in [0.25, 0.3) is 0 Å². The first kappa shape index (κ1) is 7.07. The van der Waals surface area contributed by atoms with Gasteiger partial charge >= 0.3 is 0 Å². The number of rotatable bonds is 1. The SMILES string of the molecule is CC(C)[C@H]1CCCN1C. The van der Waals surface area contributed by atoms with Crippen molar-refractivity contribution in [3.63, 3.8) is 0 Å². The third-order valence-corrected chi connectivity index (χ3v) is 2.35. The van der Waals surface area contributed by atoms with Crippen molar-refractivity contribution >= 4 is 0 Å². The molecule has 9 heavy (non-hydrogen) atoms. The molecule has 1 aliphatic heterocycles. The molecule has 0 amide bonds. The lowest BCUT2D eigenvalue weighted by Gasteiger charge is -2.22. The summed E-state index contributed by atoms with van der Waals surface area (Å²) in [5.74, 6) is 0.845. The van der Waals surface area contributed by atoms with Gasteiger partial charge in [-0.3, -0.25) is 0 Å². The number of hydrogen-bond donors (Lipinski definition) is 0. The summed E-state index contributed by atoms with van der Waals surface area (Å²) in [6.07, 6.45) is 2.81. The fourth-order valence-electron chi connectivity index (χ4n) is 1.78. The molecule has 0 aromatic heterocycles. The predicted octanol–water partition coefficient (Wildman–Crippen LogP) is 1.74. The van der Waals surface area contributed by atoms with Crippen LogP contribution in [0.1, 0.15) is 26.7 Å². The molecule has 1 heteroatoms. The van der Waals surface area contributed by atoms with Gasteiger partial charge in [-0.25, -0.2) is 0 Å². The third-order valence-electron chi connectivity index (χ3n) is 2.35. The fraction of sp³-hybridized carbons (Fsp3) is 1.00. The summed E-state index contributed by atoms with van der Waals surface area (Å²) in [6, 6.07) is 0.866. The standard InChI is InChI=1S/C8H17N/c1-7(2)8-5-4-6-9(8)3/h7-8H,4-6H2,1-3H3/t8-/m1/s1. The summed E-state index contributed by atoms with van der Waals surface area (Å²) >= 11 is 0. The molecule has 1 heterocycles. The van der Waals surface area contributed by atoms with E-state index in [1.165, 1.54) is 19.4 Å². The van der Waals surface area contributed by atoms with Gasteiger partial charge in [0.1, 0.15) is 0 Å². The zero-order valence-corrected chi connectivity index (χ0v) is 6.72. The Morgan fingerprint density at radius 1 is 1.44 bits per heavy atom. The van der Waals surface area contributed by atoms with Crippen molar-refractivity contribution in [1.29, 1.82) is 0 Å². The minimum atomic E-state index is 0.845. The number of hydrogen-bond acceptors (Lipinski definition) is 1. The van der Waals surface area contributed by atoms with Crippen molar-refractivity contribution in [2.45, 2.75) is 32.7 Å². The zero-order valence-electron chi connectivity index (χ0n) is 6.72. The third kappa shape index (κ3) is 1.45. The molecule has 1 fully saturated rings. The molecular formula is C8H17N. The summed E-state index contributed by atoms with van der Waals surface area (Å²) in [5.41, 5.74) is 0. The molecule has 0 aliphatic carbocycles. The van der Waals surface area contributed by atoms with Crippen LogP contribution in [0.5, 0.6) is 0 Å². The van der Waals surface area contributed by atoms with Gasteiger partial charge in [-0.2, -0.15) is 0 Å². The molecule has 1 atom stereocenters. The van der Waals surface area contributed by atoms with Crippen molar-refractivity contribution in [2.75, 3.05) is 13.6 Å². The molecular weight excluding hydrogens is 110 g/mol. The largest absolute Gasteiger partial charge is 0.303 e. The predicted molar refractivity (Wildman–Crippen MR) is 40.5 cm³/mol. The maximum Gasteiger partial charge on any atom is 0.0116 e. The molecule has 0 spiro atoms. The Hall–Kier alpha value is -0.0400. The van der Waals surface area contributed by atoms with Crippen LogP contribution < -0.4 is 0 Å². The van der Waals surface area contributed by atoms with Crippen LogP contribution in [0.2, 0.25) is 0 Å². The van der Waals surface area contributed by atoms with Gasteiger partial charge in [-0.05, 0) is 32.4 Å². The maximum absolute atomic E-state index is 2.48. The van der Waals surface area contributed by atoms with Crippen LogP contribution in [0, 0.1) is 5.92 Å². The summed E-state index contributed by atoms with van der Waals surface area (Å²) in [6.45, 7) is 5.93. The summed E-state index contributed by atoms with van der Waals surface area (Å²) in [7, 11) is 2.23. The Bertz CT molecular complexity index is 88.6. The molecule has 1 saturated heterocycles. The van der Waals surface area contributed by atoms with E-state index in [0.717, 1.165) is 12.0 Å².